The predicted molar refractivity (Wildman–Crippen MR) is 53.3 cm³/mol. The van der Waals surface area contributed by atoms with Gasteiger partial charge in [0, 0.05) is 6.04 Å². The second-order valence-corrected chi connectivity index (χ2v) is 4.18. The fraction of sp³-hybridized carbons (Fsp3) is 1.00. The van der Waals surface area contributed by atoms with E-state index in [0.717, 1.165) is 18.5 Å². The maximum absolute atomic E-state index is 3.50. The van der Waals surface area contributed by atoms with E-state index in [1.165, 1.54) is 32.4 Å². The Labute approximate surface area is 76.1 Å². The van der Waals surface area contributed by atoms with Crippen molar-refractivity contribution >= 4 is 0 Å². The largest absolute Gasteiger partial charge is 0.316 e. The van der Waals surface area contributed by atoms with Gasteiger partial charge in [-0.25, -0.2) is 0 Å². The van der Waals surface area contributed by atoms with Crippen LogP contribution in [0.15, 0.2) is 0 Å². The van der Waals surface area contributed by atoms with Crippen LogP contribution >= 0.6 is 0 Å². The Hall–Kier alpha value is -0.0800. The highest BCUT2D eigenvalue weighted by Gasteiger charge is 2.12. The molecule has 0 spiro atoms. The minimum atomic E-state index is 0.779. The number of rotatable bonds is 5. The number of hydrogen-bond acceptors (Lipinski definition) is 2. The van der Waals surface area contributed by atoms with Gasteiger partial charge in [-0.2, -0.15) is 0 Å². The fourth-order valence-corrected chi connectivity index (χ4v) is 1.67. The Morgan fingerprint density at radius 1 is 1.50 bits per heavy atom. The van der Waals surface area contributed by atoms with Crippen LogP contribution in [0.2, 0.25) is 0 Å². The molecule has 1 saturated heterocycles. The molecule has 0 bridgehead atoms. The molecule has 0 aliphatic carbocycles. The quantitative estimate of drug-likeness (QED) is 0.609. The van der Waals surface area contributed by atoms with E-state index in [0.29, 0.717) is 0 Å². The van der Waals surface area contributed by atoms with Crippen molar-refractivity contribution in [2.45, 2.75) is 39.2 Å². The van der Waals surface area contributed by atoms with Crippen LogP contribution in [0, 0.1) is 5.92 Å². The van der Waals surface area contributed by atoms with Gasteiger partial charge in [0.1, 0.15) is 0 Å². The van der Waals surface area contributed by atoms with Gasteiger partial charge in [0.25, 0.3) is 0 Å². The smallest absolute Gasteiger partial charge is 0.00796 e. The van der Waals surface area contributed by atoms with Gasteiger partial charge >= 0.3 is 0 Å². The van der Waals surface area contributed by atoms with E-state index in [4.69, 9.17) is 0 Å². The van der Waals surface area contributed by atoms with Crippen LogP contribution in [-0.2, 0) is 0 Å². The summed E-state index contributed by atoms with van der Waals surface area (Å²) in [5, 5.41) is 6.98. The average molecular weight is 170 g/mol. The van der Waals surface area contributed by atoms with Crippen molar-refractivity contribution in [2.75, 3.05) is 19.6 Å². The summed E-state index contributed by atoms with van der Waals surface area (Å²) in [7, 11) is 0. The summed E-state index contributed by atoms with van der Waals surface area (Å²) in [6.07, 6.45) is 4.05. The van der Waals surface area contributed by atoms with Crippen molar-refractivity contribution < 1.29 is 0 Å². The van der Waals surface area contributed by atoms with E-state index in [9.17, 15) is 0 Å². The normalized spacial score (nSPS) is 23.8. The molecule has 1 unspecified atom stereocenters. The molecule has 1 heterocycles. The maximum Gasteiger partial charge on any atom is 0.00796 e. The first-order chi connectivity index (χ1) is 5.79. The van der Waals surface area contributed by atoms with E-state index < -0.39 is 0 Å². The molecule has 0 saturated carbocycles. The van der Waals surface area contributed by atoms with Crippen LogP contribution in [0.25, 0.3) is 0 Å². The molecule has 1 aliphatic heterocycles. The zero-order chi connectivity index (χ0) is 8.81. The Kier molecular flexibility index (Phi) is 4.62. The maximum atomic E-state index is 3.50. The van der Waals surface area contributed by atoms with Crippen LogP contribution < -0.4 is 10.6 Å². The first-order valence-corrected chi connectivity index (χ1v) is 5.23. The minimum Gasteiger partial charge on any atom is -0.316 e. The molecule has 12 heavy (non-hydrogen) atoms. The molecule has 1 rings (SSSR count). The van der Waals surface area contributed by atoms with Crippen molar-refractivity contribution in [3.05, 3.63) is 0 Å². The van der Waals surface area contributed by atoms with Crippen molar-refractivity contribution in [3.63, 3.8) is 0 Å². The van der Waals surface area contributed by atoms with Crippen molar-refractivity contribution in [1.29, 1.82) is 0 Å². The van der Waals surface area contributed by atoms with Crippen molar-refractivity contribution in [1.82, 2.24) is 10.6 Å². The van der Waals surface area contributed by atoms with E-state index in [2.05, 4.69) is 24.5 Å². The van der Waals surface area contributed by atoms with E-state index in [1.54, 1.807) is 0 Å². The van der Waals surface area contributed by atoms with Gasteiger partial charge in [-0.15, -0.1) is 0 Å². The Morgan fingerprint density at radius 2 is 2.33 bits per heavy atom. The van der Waals surface area contributed by atoms with Gasteiger partial charge in [-0.05, 0) is 44.8 Å². The fourth-order valence-electron chi connectivity index (χ4n) is 1.67. The second-order valence-electron chi connectivity index (χ2n) is 4.18. The molecule has 0 radical (unpaired) electrons. The first kappa shape index (κ1) is 10.0. The molecule has 2 heteroatoms. The van der Waals surface area contributed by atoms with Crippen LogP contribution in [0.3, 0.4) is 0 Å². The summed E-state index contributed by atoms with van der Waals surface area (Å²) in [4.78, 5) is 0. The third kappa shape index (κ3) is 4.07. The van der Waals surface area contributed by atoms with Crippen LogP contribution in [0.1, 0.15) is 33.1 Å². The number of nitrogens with one attached hydrogen (secondary N) is 2. The van der Waals surface area contributed by atoms with Crippen molar-refractivity contribution in [2.24, 2.45) is 5.92 Å². The monoisotopic (exact) mass is 170 g/mol. The average Bonchev–Trinajstić information content (AvgIpc) is 2.49. The van der Waals surface area contributed by atoms with Gasteiger partial charge < -0.3 is 10.6 Å². The first-order valence-electron chi connectivity index (χ1n) is 5.23. The van der Waals surface area contributed by atoms with Crippen LogP contribution in [-0.4, -0.2) is 25.7 Å². The van der Waals surface area contributed by atoms with Crippen molar-refractivity contribution in [3.8, 4) is 0 Å². The third-order valence-electron chi connectivity index (χ3n) is 2.38. The molecule has 0 aromatic heterocycles. The summed E-state index contributed by atoms with van der Waals surface area (Å²) in [6, 6.07) is 0.796. The number of hydrogen-bond donors (Lipinski definition) is 2. The minimum absolute atomic E-state index is 0.779. The van der Waals surface area contributed by atoms with Crippen LogP contribution in [0.5, 0.6) is 0 Å². The molecule has 1 atom stereocenters. The lowest BCUT2D eigenvalue weighted by Gasteiger charge is -2.11. The lowest BCUT2D eigenvalue weighted by molar-refractivity contribution is 0.492. The lowest BCUT2D eigenvalue weighted by Crippen LogP contribution is -2.28. The summed E-state index contributed by atoms with van der Waals surface area (Å²) < 4.78 is 0. The molecule has 0 aromatic rings. The highest BCUT2D eigenvalue weighted by Crippen LogP contribution is 2.07. The molecule has 2 N–H and O–H groups in total. The molecule has 0 amide bonds. The van der Waals surface area contributed by atoms with Gasteiger partial charge in [0.2, 0.25) is 0 Å². The van der Waals surface area contributed by atoms with E-state index in [1.807, 2.05) is 0 Å². The molecule has 0 aromatic carbocycles. The third-order valence-corrected chi connectivity index (χ3v) is 2.38. The highest BCUT2D eigenvalue weighted by atomic mass is 14.9. The Balaban J connectivity index is 1.88. The SMILES string of the molecule is CC(C)CNCCC1CCCN1. The van der Waals surface area contributed by atoms with Gasteiger partial charge in [-0.1, -0.05) is 13.8 Å². The lowest BCUT2D eigenvalue weighted by atomic mass is 10.1. The molecule has 1 aliphatic rings. The van der Waals surface area contributed by atoms with Gasteiger partial charge in [-0.3, -0.25) is 0 Å². The molecular formula is C10H22N2. The standard InChI is InChI=1S/C10H22N2/c1-9(2)8-11-7-5-10-4-3-6-12-10/h9-12H,3-8H2,1-2H3. The summed E-state index contributed by atoms with van der Waals surface area (Å²) in [6.45, 7) is 8.07. The molecule has 2 nitrogen and oxygen atoms in total. The zero-order valence-corrected chi connectivity index (χ0v) is 8.40. The van der Waals surface area contributed by atoms with Gasteiger partial charge in [0.05, 0.1) is 0 Å². The highest BCUT2D eigenvalue weighted by molar-refractivity contribution is 4.74. The molecule has 72 valence electrons. The zero-order valence-electron chi connectivity index (χ0n) is 8.40. The molecule has 1 fully saturated rings. The van der Waals surface area contributed by atoms with Gasteiger partial charge in [0.15, 0.2) is 0 Å². The topological polar surface area (TPSA) is 24.1 Å². The summed E-state index contributed by atoms with van der Waals surface area (Å²) in [5.41, 5.74) is 0. The summed E-state index contributed by atoms with van der Waals surface area (Å²) in [5.74, 6) is 0.779. The predicted octanol–water partition coefficient (Wildman–Crippen LogP) is 1.37. The Morgan fingerprint density at radius 3 is 2.92 bits per heavy atom. The Bertz CT molecular complexity index is 106. The van der Waals surface area contributed by atoms with E-state index in [-0.39, 0.29) is 0 Å². The summed E-state index contributed by atoms with van der Waals surface area (Å²) >= 11 is 0. The van der Waals surface area contributed by atoms with Crippen LogP contribution in [0.4, 0.5) is 0 Å². The second kappa shape index (κ2) is 5.55. The van der Waals surface area contributed by atoms with E-state index >= 15 is 0 Å². The molecular weight excluding hydrogens is 148 g/mol.